The molecule has 5 heteroatoms. The minimum Gasteiger partial charge on any atom is -0.238 e. The summed E-state index contributed by atoms with van der Waals surface area (Å²) in [5.74, 6) is 0. The molecule has 0 fully saturated rings. The molecular weight excluding hydrogens is 245 g/mol. The lowest BCUT2D eigenvalue weighted by Gasteiger charge is -2.03. The Labute approximate surface area is 103 Å². The van der Waals surface area contributed by atoms with Crippen LogP contribution in [0, 0.1) is 18.3 Å². The van der Waals surface area contributed by atoms with E-state index in [9.17, 15) is 0 Å². The van der Waals surface area contributed by atoms with Gasteiger partial charge in [0.05, 0.1) is 22.0 Å². The molecule has 0 N–H and O–H groups in total. The molecule has 0 bridgehead atoms. The van der Waals surface area contributed by atoms with Gasteiger partial charge in [-0.05, 0) is 25.1 Å². The van der Waals surface area contributed by atoms with Crippen LogP contribution in [0.15, 0.2) is 24.4 Å². The van der Waals surface area contributed by atoms with Gasteiger partial charge in [-0.15, -0.1) is 0 Å². The van der Waals surface area contributed by atoms with Crippen molar-refractivity contribution in [2.75, 3.05) is 0 Å². The summed E-state index contributed by atoms with van der Waals surface area (Å²) in [5.41, 5.74) is 1.86. The largest absolute Gasteiger partial charge is 0.238 e. The Kier molecular flexibility index (Phi) is 2.86. The summed E-state index contributed by atoms with van der Waals surface area (Å²) in [6, 6.07) is 7.12. The molecule has 0 atom stereocenters. The molecule has 0 amide bonds. The molecule has 80 valence electrons. The Morgan fingerprint density at radius 2 is 2.12 bits per heavy atom. The van der Waals surface area contributed by atoms with E-state index in [2.05, 4.69) is 11.2 Å². The minimum atomic E-state index is 0.465. The predicted molar refractivity (Wildman–Crippen MR) is 63.0 cm³/mol. The van der Waals surface area contributed by atoms with E-state index in [4.69, 9.17) is 28.5 Å². The Balaban J connectivity index is 2.60. The number of aromatic nitrogens is 2. The maximum atomic E-state index is 9.00. The van der Waals surface area contributed by atoms with Gasteiger partial charge in [0.25, 0.3) is 0 Å². The monoisotopic (exact) mass is 251 g/mol. The summed E-state index contributed by atoms with van der Waals surface area (Å²) in [6.07, 6.45) is 1.67. The average Bonchev–Trinajstić information content (AvgIpc) is 2.59. The third-order valence-corrected chi connectivity index (χ3v) is 2.77. The molecule has 0 aliphatic carbocycles. The van der Waals surface area contributed by atoms with Crippen LogP contribution in [0.25, 0.3) is 5.69 Å². The van der Waals surface area contributed by atoms with Gasteiger partial charge in [-0.3, -0.25) is 0 Å². The summed E-state index contributed by atoms with van der Waals surface area (Å²) in [5, 5.41) is 14.3. The SMILES string of the molecule is Cc1nn(-c2ccc(Cl)cc2C#N)cc1Cl. The first kappa shape index (κ1) is 11.0. The maximum Gasteiger partial charge on any atom is 0.101 e. The van der Waals surface area contributed by atoms with E-state index >= 15 is 0 Å². The lowest BCUT2D eigenvalue weighted by Crippen LogP contribution is -1.98. The fourth-order valence-electron chi connectivity index (χ4n) is 1.36. The lowest BCUT2D eigenvalue weighted by molar-refractivity contribution is 0.860. The maximum absolute atomic E-state index is 9.00. The smallest absolute Gasteiger partial charge is 0.101 e. The van der Waals surface area contributed by atoms with E-state index in [1.165, 1.54) is 0 Å². The van der Waals surface area contributed by atoms with Gasteiger partial charge in [0, 0.05) is 11.2 Å². The van der Waals surface area contributed by atoms with Gasteiger partial charge in [0.1, 0.15) is 6.07 Å². The van der Waals surface area contributed by atoms with Gasteiger partial charge in [0.2, 0.25) is 0 Å². The van der Waals surface area contributed by atoms with Crippen LogP contribution in [0.1, 0.15) is 11.3 Å². The fraction of sp³-hybridized carbons (Fsp3) is 0.0909. The Hall–Kier alpha value is -1.50. The van der Waals surface area contributed by atoms with Crippen molar-refractivity contribution in [1.82, 2.24) is 9.78 Å². The first-order chi connectivity index (χ1) is 7.61. The molecule has 0 aliphatic heterocycles. The first-order valence-corrected chi connectivity index (χ1v) is 5.29. The second-order valence-corrected chi connectivity index (χ2v) is 4.12. The number of rotatable bonds is 1. The summed E-state index contributed by atoms with van der Waals surface area (Å²) in [4.78, 5) is 0. The van der Waals surface area contributed by atoms with Crippen molar-refractivity contribution in [2.24, 2.45) is 0 Å². The molecule has 0 saturated carbocycles. The molecular formula is C11H7Cl2N3. The van der Waals surface area contributed by atoms with Crippen LogP contribution >= 0.6 is 23.2 Å². The lowest BCUT2D eigenvalue weighted by atomic mass is 10.2. The standard InChI is InChI=1S/C11H7Cl2N3/c1-7-10(13)6-16(15-7)11-3-2-9(12)4-8(11)5-14/h2-4,6H,1H3. The van der Waals surface area contributed by atoms with Crippen molar-refractivity contribution in [2.45, 2.75) is 6.92 Å². The van der Waals surface area contributed by atoms with E-state index in [1.807, 2.05) is 0 Å². The number of nitriles is 1. The Morgan fingerprint density at radius 1 is 1.38 bits per heavy atom. The summed E-state index contributed by atoms with van der Waals surface area (Å²) < 4.78 is 1.58. The van der Waals surface area contributed by atoms with Crippen LogP contribution in [0.5, 0.6) is 0 Å². The highest BCUT2D eigenvalue weighted by Gasteiger charge is 2.08. The van der Waals surface area contributed by atoms with Gasteiger partial charge < -0.3 is 0 Å². The van der Waals surface area contributed by atoms with Crippen LogP contribution in [0.3, 0.4) is 0 Å². The van der Waals surface area contributed by atoms with Gasteiger partial charge >= 0.3 is 0 Å². The normalized spacial score (nSPS) is 10.1. The van der Waals surface area contributed by atoms with E-state index in [1.54, 1.807) is 36.0 Å². The van der Waals surface area contributed by atoms with Gasteiger partial charge in [-0.25, -0.2) is 4.68 Å². The second-order valence-electron chi connectivity index (χ2n) is 3.28. The summed E-state index contributed by atoms with van der Waals surface area (Å²) in [6.45, 7) is 1.81. The minimum absolute atomic E-state index is 0.465. The second kappa shape index (κ2) is 4.17. The number of aryl methyl sites for hydroxylation is 1. The van der Waals surface area contributed by atoms with Crippen molar-refractivity contribution < 1.29 is 0 Å². The predicted octanol–water partition coefficient (Wildman–Crippen LogP) is 3.36. The quantitative estimate of drug-likeness (QED) is 0.780. The molecule has 2 rings (SSSR count). The van der Waals surface area contributed by atoms with Crippen LogP contribution in [-0.2, 0) is 0 Å². The fourth-order valence-corrected chi connectivity index (χ4v) is 1.66. The van der Waals surface area contributed by atoms with Crippen LogP contribution in [0.2, 0.25) is 10.0 Å². The van der Waals surface area contributed by atoms with Crippen molar-refractivity contribution in [3.05, 3.63) is 45.7 Å². The molecule has 2 aromatic rings. The van der Waals surface area contributed by atoms with Crippen LogP contribution < -0.4 is 0 Å². The Morgan fingerprint density at radius 3 is 2.69 bits per heavy atom. The summed E-state index contributed by atoms with van der Waals surface area (Å²) >= 11 is 11.7. The number of hydrogen-bond acceptors (Lipinski definition) is 2. The Bertz CT molecular complexity index is 562. The highest BCUT2D eigenvalue weighted by molar-refractivity contribution is 6.31. The zero-order valence-electron chi connectivity index (χ0n) is 8.41. The van der Waals surface area contributed by atoms with Gasteiger partial charge in [-0.1, -0.05) is 23.2 Å². The molecule has 0 spiro atoms. The number of halogens is 2. The molecule has 1 aromatic heterocycles. The zero-order valence-corrected chi connectivity index (χ0v) is 9.92. The molecule has 0 aliphatic rings. The van der Waals surface area contributed by atoms with Crippen molar-refractivity contribution in [3.8, 4) is 11.8 Å². The van der Waals surface area contributed by atoms with E-state index in [0.29, 0.717) is 21.3 Å². The van der Waals surface area contributed by atoms with Crippen molar-refractivity contribution >= 4 is 23.2 Å². The third-order valence-electron chi connectivity index (χ3n) is 2.16. The molecule has 16 heavy (non-hydrogen) atoms. The number of nitrogens with zero attached hydrogens (tertiary/aromatic N) is 3. The molecule has 1 aromatic carbocycles. The van der Waals surface area contributed by atoms with E-state index < -0.39 is 0 Å². The molecule has 0 unspecified atom stereocenters. The zero-order chi connectivity index (χ0) is 11.7. The van der Waals surface area contributed by atoms with E-state index in [-0.39, 0.29) is 0 Å². The van der Waals surface area contributed by atoms with Crippen LogP contribution in [-0.4, -0.2) is 9.78 Å². The van der Waals surface area contributed by atoms with E-state index in [0.717, 1.165) is 5.69 Å². The third kappa shape index (κ3) is 1.90. The molecule has 1 heterocycles. The van der Waals surface area contributed by atoms with Crippen molar-refractivity contribution in [3.63, 3.8) is 0 Å². The van der Waals surface area contributed by atoms with Gasteiger partial charge in [0.15, 0.2) is 0 Å². The summed E-state index contributed by atoms with van der Waals surface area (Å²) in [7, 11) is 0. The number of hydrogen-bond donors (Lipinski definition) is 0. The highest BCUT2D eigenvalue weighted by Crippen LogP contribution is 2.21. The molecule has 0 saturated heterocycles. The number of benzene rings is 1. The van der Waals surface area contributed by atoms with Gasteiger partial charge in [-0.2, -0.15) is 10.4 Å². The first-order valence-electron chi connectivity index (χ1n) is 4.53. The topological polar surface area (TPSA) is 41.6 Å². The van der Waals surface area contributed by atoms with Crippen LogP contribution in [0.4, 0.5) is 0 Å². The average molecular weight is 252 g/mol. The molecule has 0 radical (unpaired) electrons. The van der Waals surface area contributed by atoms with Crippen molar-refractivity contribution in [1.29, 1.82) is 5.26 Å². The molecule has 3 nitrogen and oxygen atoms in total. The highest BCUT2D eigenvalue weighted by atomic mass is 35.5.